The third kappa shape index (κ3) is 5.23. The Morgan fingerprint density at radius 3 is 2.75 bits per heavy atom. The van der Waals surface area contributed by atoms with Gasteiger partial charge in [0.2, 0.25) is 5.91 Å². The van der Waals surface area contributed by atoms with E-state index in [0.717, 1.165) is 11.3 Å². The first-order valence-electron chi connectivity index (χ1n) is 9.17. The maximum absolute atomic E-state index is 12.1. The molecule has 148 valence electrons. The van der Waals surface area contributed by atoms with Crippen molar-refractivity contribution >= 4 is 23.2 Å². The van der Waals surface area contributed by atoms with Crippen LogP contribution in [0.4, 0.5) is 11.4 Å². The minimum atomic E-state index is -0.522. The summed E-state index contributed by atoms with van der Waals surface area (Å²) in [7, 11) is 1.63. The van der Waals surface area contributed by atoms with Crippen LogP contribution in [0.3, 0.4) is 0 Å². The van der Waals surface area contributed by atoms with E-state index < -0.39 is 6.10 Å². The number of benzene rings is 2. The first-order chi connectivity index (χ1) is 13.5. The molecule has 0 bridgehead atoms. The molecule has 0 radical (unpaired) electrons. The van der Waals surface area contributed by atoms with E-state index in [1.807, 2.05) is 24.3 Å². The zero-order valence-corrected chi connectivity index (χ0v) is 16.0. The summed E-state index contributed by atoms with van der Waals surface area (Å²) < 4.78 is 16.2. The Bertz CT molecular complexity index is 835. The molecule has 7 heteroatoms. The third-order valence-electron chi connectivity index (χ3n) is 4.31. The third-order valence-corrected chi connectivity index (χ3v) is 4.31. The second-order valence-electron chi connectivity index (χ2n) is 6.51. The van der Waals surface area contributed by atoms with Crippen molar-refractivity contribution in [2.45, 2.75) is 32.5 Å². The van der Waals surface area contributed by atoms with Crippen molar-refractivity contribution < 1.29 is 23.8 Å². The number of hydrogen-bond donors (Lipinski definition) is 2. The molecule has 1 aliphatic heterocycles. The summed E-state index contributed by atoms with van der Waals surface area (Å²) in [4.78, 5) is 23.8. The van der Waals surface area contributed by atoms with Gasteiger partial charge in [0.25, 0.3) is 5.91 Å². The van der Waals surface area contributed by atoms with E-state index in [4.69, 9.17) is 14.2 Å². The molecule has 7 nitrogen and oxygen atoms in total. The number of methoxy groups -OCH3 is 1. The van der Waals surface area contributed by atoms with Crippen LogP contribution in [0.2, 0.25) is 0 Å². The van der Waals surface area contributed by atoms with Gasteiger partial charge in [0, 0.05) is 18.7 Å². The molecule has 2 aromatic carbocycles. The number of carbonyl (C=O) groups is 2. The fraction of sp³-hybridized carbons (Fsp3) is 0.333. The van der Waals surface area contributed by atoms with Gasteiger partial charge in [0.1, 0.15) is 11.5 Å². The Balaban J connectivity index is 1.38. The number of carbonyl (C=O) groups excluding carboxylic acids is 2. The molecular weight excluding hydrogens is 360 g/mol. The molecule has 3 rings (SSSR count). The molecule has 0 saturated carbocycles. The number of amides is 2. The van der Waals surface area contributed by atoms with Gasteiger partial charge in [-0.1, -0.05) is 12.1 Å². The van der Waals surface area contributed by atoms with Crippen molar-refractivity contribution in [2.24, 2.45) is 0 Å². The summed E-state index contributed by atoms with van der Waals surface area (Å²) in [6, 6.07) is 12.9. The molecule has 0 aromatic heterocycles. The Kier molecular flexibility index (Phi) is 6.49. The standard InChI is InChI=1S/C21H24N2O5/c1-14-21(25)23-18-12-16(7-10-19(18)28-14)22-20(24)4-3-11-27-13-15-5-8-17(26-2)9-6-15/h5-10,12,14H,3-4,11,13H2,1-2H3,(H,22,24)(H,23,25). The number of ether oxygens (including phenoxy) is 3. The molecular formula is C21H24N2O5. The van der Waals surface area contributed by atoms with Crippen molar-refractivity contribution in [3.8, 4) is 11.5 Å². The fourth-order valence-electron chi connectivity index (χ4n) is 2.76. The molecule has 0 fully saturated rings. The van der Waals surface area contributed by atoms with Crippen LogP contribution in [0.5, 0.6) is 11.5 Å². The summed E-state index contributed by atoms with van der Waals surface area (Å²) in [5.41, 5.74) is 2.22. The monoisotopic (exact) mass is 384 g/mol. The Hall–Kier alpha value is -3.06. The molecule has 2 N–H and O–H groups in total. The minimum Gasteiger partial charge on any atom is -0.497 e. The highest BCUT2D eigenvalue weighted by molar-refractivity contribution is 5.99. The highest BCUT2D eigenvalue weighted by Crippen LogP contribution is 2.32. The van der Waals surface area contributed by atoms with Gasteiger partial charge in [-0.25, -0.2) is 0 Å². The predicted octanol–water partition coefficient (Wildman–Crippen LogP) is 3.35. The van der Waals surface area contributed by atoms with Gasteiger partial charge in [-0.2, -0.15) is 0 Å². The van der Waals surface area contributed by atoms with Crippen molar-refractivity contribution in [1.29, 1.82) is 0 Å². The lowest BCUT2D eigenvalue weighted by atomic mass is 10.2. The average molecular weight is 384 g/mol. The maximum atomic E-state index is 12.1. The Labute approximate surface area is 164 Å². The van der Waals surface area contributed by atoms with Gasteiger partial charge in [-0.3, -0.25) is 9.59 Å². The van der Waals surface area contributed by atoms with E-state index in [9.17, 15) is 9.59 Å². The predicted molar refractivity (Wildman–Crippen MR) is 106 cm³/mol. The molecule has 1 heterocycles. The van der Waals surface area contributed by atoms with Crippen molar-refractivity contribution in [1.82, 2.24) is 0 Å². The molecule has 0 aliphatic carbocycles. The maximum Gasteiger partial charge on any atom is 0.265 e. The van der Waals surface area contributed by atoms with Gasteiger partial charge in [0.05, 0.1) is 19.4 Å². The molecule has 2 amide bonds. The van der Waals surface area contributed by atoms with Gasteiger partial charge in [-0.05, 0) is 49.2 Å². The highest BCUT2D eigenvalue weighted by Gasteiger charge is 2.23. The van der Waals surface area contributed by atoms with Gasteiger partial charge < -0.3 is 24.8 Å². The van der Waals surface area contributed by atoms with Crippen LogP contribution >= 0.6 is 0 Å². The normalized spacial score (nSPS) is 15.2. The molecule has 28 heavy (non-hydrogen) atoms. The zero-order valence-electron chi connectivity index (χ0n) is 16.0. The molecule has 2 aromatic rings. The summed E-state index contributed by atoms with van der Waals surface area (Å²) >= 11 is 0. The molecule has 1 atom stereocenters. The van der Waals surface area contributed by atoms with Crippen LogP contribution in [0.25, 0.3) is 0 Å². The SMILES string of the molecule is COc1ccc(COCCCC(=O)Nc2ccc3c(c2)NC(=O)C(C)O3)cc1. The fourth-order valence-corrected chi connectivity index (χ4v) is 2.76. The molecule has 0 spiro atoms. The highest BCUT2D eigenvalue weighted by atomic mass is 16.5. The van der Waals surface area contributed by atoms with Crippen LogP contribution in [0.1, 0.15) is 25.3 Å². The Morgan fingerprint density at radius 1 is 1.21 bits per heavy atom. The summed E-state index contributed by atoms with van der Waals surface area (Å²) in [6.07, 6.45) is 0.440. The van der Waals surface area contributed by atoms with Crippen molar-refractivity contribution in [3.05, 3.63) is 48.0 Å². The van der Waals surface area contributed by atoms with E-state index in [1.165, 1.54) is 0 Å². The number of fused-ring (bicyclic) bond motifs is 1. The van der Waals surface area contributed by atoms with Crippen LogP contribution < -0.4 is 20.1 Å². The van der Waals surface area contributed by atoms with Crippen molar-refractivity contribution in [3.63, 3.8) is 0 Å². The lowest BCUT2D eigenvalue weighted by Gasteiger charge is -2.23. The zero-order chi connectivity index (χ0) is 19.9. The number of anilines is 2. The second-order valence-corrected chi connectivity index (χ2v) is 6.51. The molecule has 1 aliphatic rings. The van der Waals surface area contributed by atoms with E-state index in [2.05, 4.69) is 10.6 Å². The van der Waals surface area contributed by atoms with Gasteiger partial charge in [0.15, 0.2) is 6.10 Å². The lowest BCUT2D eigenvalue weighted by molar-refractivity contribution is -0.122. The quantitative estimate of drug-likeness (QED) is 0.682. The molecule has 0 saturated heterocycles. The summed E-state index contributed by atoms with van der Waals surface area (Å²) in [6.45, 7) is 2.67. The van der Waals surface area contributed by atoms with Crippen LogP contribution in [-0.4, -0.2) is 31.6 Å². The average Bonchev–Trinajstić information content (AvgIpc) is 2.69. The van der Waals surface area contributed by atoms with E-state index >= 15 is 0 Å². The van der Waals surface area contributed by atoms with Crippen LogP contribution in [-0.2, 0) is 20.9 Å². The van der Waals surface area contributed by atoms with Crippen LogP contribution in [0, 0.1) is 0 Å². The molecule has 1 unspecified atom stereocenters. The van der Waals surface area contributed by atoms with E-state index in [1.54, 1.807) is 32.2 Å². The van der Waals surface area contributed by atoms with E-state index in [-0.39, 0.29) is 11.8 Å². The van der Waals surface area contributed by atoms with Gasteiger partial charge >= 0.3 is 0 Å². The van der Waals surface area contributed by atoms with Crippen molar-refractivity contribution in [2.75, 3.05) is 24.4 Å². The smallest absolute Gasteiger partial charge is 0.265 e. The van der Waals surface area contributed by atoms with E-state index in [0.29, 0.717) is 43.2 Å². The second kappa shape index (κ2) is 9.23. The Morgan fingerprint density at radius 2 is 2.00 bits per heavy atom. The summed E-state index contributed by atoms with van der Waals surface area (Å²) in [5, 5.41) is 5.59. The number of nitrogens with one attached hydrogen (secondary N) is 2. The summed E-state index contributed by atoms with van der Waals surface area (Å²) in [5.74, 6) is 1.09. The largest absolute Gasteiger partial charge is 0.497 e. The number of rotatable bonds is 8. The van der Waals surface area contributed by atoms with Gasteiger partial charge in [-0.15, -0.1) is 0 Å². The first kappa shape index (κ1) is 19.7. The number of hydrogen-bond acceptors (Lipinski definition) is 5. The lowest BCUT2D eigenvalue weighted by Crippen LogP contribution is -2.34. The first-order valence-corrected chi connectivity index (χ1v) is 9.17. The van der Waals surface area contributed by atoms with Crippen LogP contribution in [0.15, 0.2) is 42.5 Å². The minimum absolute atomic E-state index is 0.107. The topological polar surface area (TPSA) is 85.9 Å².